The summed E-state index contributed by atoms with van der Waals surface area (Å²) in [5.74, 6) is 2.51. The summed E-state index contributed by atoms with van der Waals surface area (Å²) in [5.41, 5.74) is 2.29. The van der Waals surface area contributed by atoms with Crippen LogP contribution in [0.1, 0.15) is 5.56 Å². The first kappa shape index (κ1) is 18.0. The van der Waals surface area contributed by atoms with Crippen LogP contribution >= 0.6 is 0 Å². The quantitative estimate of drug-likeness (QED) is 0.709. The molecule has 0 unspecified atom stereocenters. The number of ether oxygens (including phenoxy) is 1. The van der Waals surface area contributed by atoms with Crippen LogP contribution in [0.5, 0.6) is 5.75 Å². The molecule has 1 aromatic carbocycles. The van der Waals surface area contributed by atoms with Crippen LogP contribution < -0.4 is 19.9 Å². The van der Waals surface area contributed by atoms with Crippen molar-refractivity contribution in [2.45, 2.75) is 6.54 Å². The number of nitrogens with one attached hydrogen (secondary N) is 1. The van der Waals surface area contributed by atoms with Gasteiger partial charge in [-0.15, -0.1) is 0 Å². The highest BCUT2D eigenvalue weighted by molar-refractivity contribution is 5.59. The highest BCUT2D eigenvalue weighted by atomic mass is 16.5. The molecule has 4 rings (SSSR count). The van der Waals surface area contributed by atoms with Gasteiger partial charge in [0.05, 0.1) is 12.8 Å². The van der Waals surface area contributed by atoms with E-state index in [4.69, 9.17) is 4.74 Å². The van der Waals surface area contributed by atoms with Gasteiger partial charge in [0.2, 0.25) is 5.95 Å². The van der Waals surface area contributed by atoms with Crippen LogP contribution in [-0.4, -0.2) is 48.2 Å². The molecular formula is C21H24N6O. The van der Waals surface area contributed by atoms with Gasteiger partial charge in [-0.2, -0.15) is 4.98 Å². The van der Waals surface area contributed by atoms with Crippen LogP contribution in [0.3, 0.4) is 0 Å². The minimum atomic E-state index is 0.640. The maximum Gasteiger partial charge on any atom is 0.224 e. The molecule has 0 bridgehead atoms. The third-order valence-corrected chi connectivity index (χ3v) is 4.87. The average Bonchev–Trinajstić information content (AvgIpc) is 2.79. The van der Waals surface area contributed by atoms with Gasteiger partial charge in [-0.3, -0.25) is 4.98 Å². The smallest absolute Gasteiger partial charge is 0.224 e. The van der Waals surface area contributed by atoms with E-state index >= 15 is 0 Å². The fraction of sp³-hybridized carbons (Fsp3) is 0.286. The zero-order chi connectivity index (χ0) is 19.2. The first-order chi connectivity index (χ1) is 13.8. The summed E-state index contributed by atoms with van der Waals surface area (Å²) in [6, 6.07) is 14.1. The minimum absolute atomic E-state index is 0.640. The van der Waals surface area contributed by atoms with Gasteiger partial charge in [-0.05, 0) is 35.9 Å². The van der Waals surface area contributed by atoms with Crippen LogP contribution in [0.2, 0.25) is 0 Å². The molecule has 7 heteroatoms. The molecule has 1 aliphatic heterocycles. The standard InChI is InChI=1S/C21H24N6O/c1-28-19-5-3-2-4-18(19)26-12-14-27(15-13-26)20-8-11-23-21(25-20)24-16-17-6-9-22-10-7-17/h2-11H,12-16H2,1H3,(H,23,24,25). The monoisotopic (exact) mass is 376 g/mol. The van der Waals surface area contributed by atoms with Crippen LogP contribution in [0.4, 0.5) is 17.5 Å². The number of aromatic nitrogens is 3. The predicted molar refractivity (Wildman–Crippen MR) is 111 cm³/mol. The number of nitrogens with zero attached hydrogens (tertiary/aromatic N) is 5. The van der Waals surface area contributed by atoms with Crippen molar-refractivity contribution in [3.63, 3.8) is 0 Å². The van der Waals surface area contributed by atoms with Crippen molar-refractivity contribution in [2.24, 2.45) is 0 Å². The van der Waals surface area contributed by atoms with Crippen molar-refractivity contribution in [1.29, 1.82) is 0 Å². The average molecular weight is 376 g/mol. The Morgan fingerprint density at radius 2 is 1.68 bits per heavy atom. The molecule has 3 heterocycles. The lowest BCUT2D eigenvalue weighted by molar-refractivity contribution is 0.413. The minimum Gasteiger partial charge on any atom is -0.495 e. The SMILES string of the molecule is COc1ccccc1N1CCN(c2ccnc(NCc3ccncc3)n2)CC1. The maximum absolute atomic E-state index is 5.50. The summed E-state index contributed by atoms with van der Waals surface area (Å²) in [7, 11) is 1.72. The van der Waals surface area contributed by atoms with Crippen LogP contribution in [0.15, 0.2) is 61.1 Å². The topological polar surface area (TPSA) is 66.4 Å². The lowest BCUT2D eigenvalue weighted by atomic mass is 10.2. The Kier molecular flexibility index (Phi) is 5.51. The number of benzene rings is 1. The number of methoxy groups -OCH3 is 1. The molecule has 3 aromatic rings. The van der Waals surface area contributed by atoms with E-state index in [0.717, 1.165) is 49.0 Å². The fourth-order valence-electron chi connectivity index (χ4n) is 3.36. The van der Waals surface area contributed by atoms with E-state index in [9.17, 15) is 0 Å². The molecule has 0 spiro atoms. The van der Waals surface area contributed by atoms with E-state index in [0.29, 0.717) is 12.5 Å². The Balaban J connectivity index is 1.38. The highest BCUT2D eigenvalue weighted by Gasteiger charge is 2.20. The van der Waals surface area contributed by atoms with Crippen LogP contribution in [0, 0.1) is 0 Å². The molecule has 0 atom stereocenters. The van der Waals surface area contributed by atoms with E-state index < -0.39 is 0 Å². The van der Waals surface area contributed by atoms with Crippen molar-refractivity contribution in [1.82, 2.24) is 15.0 Å². The van der Waals surface area contributed by atoms with E-state index in [1.807, 2.05) is 36.5 Å². The van der Waals surface area contributed by atoms with Gasteiger partial charge in [0, 0.05) is 51.3 Å². The van der Waals surface area contributed by atoms with E-state index in [1.165, 1.54) is 0 Å². The zero-order valence-electron chi connectivity index (χ0n) is 16.0. The van der Waals surface area contributed by atoms with Gasteiger partial charge in [-0.25, -0.2) is 4.98 Å². The normalized spacial score (nSPS) is 14.0. The summed E-state index contributed by atoms with van der Waals surface area (Å²) in [6.07, 6.45) is 5.38. The second-order valence-corrected chi connectivity index (χ2v) is 6.59. The Bertz CT molecular complexity index is 896. The number of rotatable bonds is 6. The summed E-state index contributed by atoms with van der Waals surface area (Å²) >= 11 is 0. The lowest BCUT2D eigenvalue weighted by Gasteiger charge is -2.37. The summed E-state index contributed by atoms with van der Waals surface area (Å²) in [4.78, 5) is 17.7. The van der Waals surface area contributed by atoms with Gasteiger partial charge < -0.3 is 19.9 Å². The molecule has 1 fully saturated rings. The van der Waals surface area contributed by atoms with Gasteiger partial charge in [0.15, 0.2) is 0 Å². The Hall–Kier alpha value is -3.35. The van der Waals surface area contributed by atoms with Crippen molar-refractivity contribution < 1.29 is 4.74 Å². The molecule has 0 radical (unpaired) electrons. The zero-order valence-corrected chi connectivity index (χ0v) is 16.0. The highest BCUT2D eigenvalue weighted by Crippen LogP contribution is 2.29. The summed E-state index contributed by atoms with van der Waals surface area (Å²) in [5, 5.41) is 3.29. The second kappa shape index (κ2) is 8.56. The summed E-state index contributed by atoms with van der Waals surface area (Å²) in [6.45, 7) is 4.32. The number of pyridine rings is 1. The van der Waals surface area contributed by atoms with Gasteiger partial charge >= 0.3 is 0 Å². The number of hydrogen-bond donors (Lipinski definition) is 1. The second-order valence-electron chi connectivity index (χ2n) is 6.59. The molecule has 7 nitrogen and oxygen atoms in total. The molecule has 0 aliphatic carbocycles. The number of para-hydroxylation sites is 2. The molecule has 28 heavy (non-hydrogen) atoms. The molecule has 0 amide bonds. The van der Waals surface area contributed by atoms with Crippen molar-refractivity contribution >= 4 is 17.5 Å². The third kappa shape index (κ3) is 4.14. The molecular weight excluding hydrogens is 352 g/mol. The van der Waals surface area contributed by atoms with Crippen molar-refractivity contribution in [3.05, 3.63) is 66.6 Å². The van der Waals surface area contributed by atoms with Crippen LogP contribution in [-0.2, 0) is 6.54 Å². The number of piperazine rings is 1. The number of hydrogen-bond acceptors (Lipinski definition) is 7. The molecule has 1 saturated heterocycles. The molecule has 0 saturated carbocycles. The van der Waals surface area contributed by atoms with Crippen molar-refractivity contribution in [3.8, 4) is 5.75 Å². The van der Waals surface area contributed by atoms with Crippen LogP contribution in [0.25, 0.3) is 0 Å². The molecule has 2 aromatic heterocycles. The Morgan fingerprint density at radius 1 is 0.929 bits per heavy atom. The summed E-state index contributed by atoms with van der Waals surface area (Å²) < 4.78 is 5.50. The van der Waals surface area contributed by atoms with E-state index in [-0.39, 0.29) is 0 Å². The maximum atomic E-state index is 5.50. The Labute approximate surface area is 165 Å². The van der Waals surface area contributed by atoms with Gasteiger partial charge in [0.25, 0.3) is 0 Å². The first-order valence-electron chi connectivity index (χ1n) is 9.42. The van der Waals surface area contributed by atoms with E-state index in [2.05, 4.69) is 42.2 Å². The lowest BCUT2D eigenvalue weighted by Crippen LogP contribution is -2.47. The van der Waals surface area contributed by atoms with E-state index in [1.54, 1.807) is 19.5 Å². The van der Waals surface area contributed by atoms with Crippen molar-refractivity contribution in [2.75, 3.05) is 48.4 Å². The largest absolute Gasteiger partial charge is 0.495 e. The third-order valence-electron chi connectivity index (χ3n) is 4.87. The first-order valence-corrected chi connectivity index (χ1v) is 9.42. The molecule has 144 valence electrons. The van der Waals surface area contributed by atoms with Gasteiger partial charge in [0.1, 0.15) is 11.6 Å². The molecule has 1 N–H and O–H groups in total. The number of anilines is 3. The fourth-order valence-corrected chi connectivity index (χ4v) is 3.36. The molecule has 1 aliphatic rings. The predicted octanol–water partition coefficient (Wildman–Crippen LogP) is 2.82. The Morgan fingerprint density at radius 3 is 2.46 bits per heavy atom. The van der Waals surface area contributed by atoms with Gasteiger partial charge in [-0.1, -0.05) is 12.1 Å².